The Hall–Kier alpha value is -3.42. The third-order valence-electron chi connectivity index (χ3n) is 4.60. The van der Waals surface area contributed by atoms with Gasteiger partial charge in [0.2, 0.25) is 5.95 Å². The molecular weight excluding hydrogens is 366 g/mol. The molecule has 0 aliphatic carbocycles. The van der Waals surface area contributed by atoms with Crippen molar-refractivity contribution in [1.82, 2.24) is 19.9 Å². The number of piperazine rings is 1. The second kappa shape index (κ2) is 8.72. The highest BCUT2D eigenvalue weighted by Gasteiger charge is 2.20. The average Bonchev–Trinajstić information content (AvgIpc) is 2.76. The Morgan fingerprint density at radius 2 is 1.62 bits per heavy atom. The van der Waals surface area contributed by atoms with Crippen LogP contribution in [0.4, 0.5) is 23.3 Å². The first kappa shape index (κ1) is 18.9. The molecule has 150 valence electrons. The van der Waals surface area contributed by atoms with Gasteiger partial charge >= 0.3 is 0 Å². The molecule has 8 nitrogen and oxygen atoms in total. The third-order valence-corrected chi connectivity index (χ3v) is 4.60. The lowest BCUT2D eigenvalue weighted by atomic mass is 10.2. The second-order valence-electron chi connectivity index (χ2n) is 7.07. The van der Waals surface area contributed by atoms with Gasteiger partial charge in [-0.25, -0.2) is 19.9 Å². The molecule has 1 fully saturated rings. The van der Waals surface area contributed by atoms with Crippen LogP contribution in [0.25, 0.3) is 0 Å². The summed E-state index contributed by atoms with van der Waals surface area (Å²) in [7, 11) is 0. The molecule has 0 saturated carbocycles. The van der Waals surface area contributed by atoms with Gasteiger partial charge in [0.15, 0.2) is 0 Å². The van der Waals surface area contributed by atoms with E-state index in [0.29, 0.717) is 0 Å². The van der Waals surface area contributed by atoms with E-state index in [2.05, 4.69) is 35.1 Å². The fourth-order valence-electron chi connectivity index (χ4n) is 3.24. The largest absolute Gasteiger partial charge is 0.489 e. The topological polar surface area (TPSA) is 79.3 Å². The van der Waals surface area contributed by atoms with Crippen LogP contribution in [-0.2, 0) is 0 Å². The maximum absolute atomic E-state index is 5.88. The zero-order valence-electron chi connectivity index (χ0n) is 16.7. The molecule has 1 N–H and O–H groups in total. The number of nitrogens with zero attached hydrogens (tertiary/aromatic N) is 6. The highest BCUT2D eigenvalue weighted by Crippen LogP contribution is 2.28. The molecule has 0 bridgehead atoms. The van der Waals surface area contributed by atoms with Gasteiger partial charge in [-0.3, -0.25) is 0 Å². The van der Waals surface area contributed by atoms with Gasteiger partial charge in [-0.05, 0) is 32.0 Å². The fraction of sp³-hybridized carbons (Fsp3) is 0.333. The van der Waals surface area contributed by atoms with E-state index in [4.69, 9.17) is 4.74 Å². The van der Waals surface area contributed by atoms with Crippen LogP contribution in [0.3, 0.4) is 0 Å². The highest BCUT2D eigenvalue weighted by molar-refractivity contribution is 5.65. The Labute approximate surface area is 170 Å². The average molecular weight is 391 g/mol. The monoisotopic (exact) mass is 391 g/mol. The number of nitrogens with one attached hydrogen (secondary N) is 1. The minimum absolute atomic E-state index is 0.101. The Bertz CT molecular complexity index is 927. The fourth-order valence-corrected chi connectivity index (χ4v) is 3.24. The Morgan fingerprint density at radius 1 is 0.897 bits per heavy atom. The molecule has 1 aliphatic heterocycles. The number of aromatic nitrogens is 4. The van der Waals surface area contributed by atoms with Crippen LogP contribution >= 0.6 is 0 Å². The minimum Gasteiger partial charge on any atom is -0.489 e. The van der Waals surface area contributed by atoms with E-state index >= 15 is 0 Å². The van der Waals surface area contributed by atoms with Crippen molar-refractivity contribution in [3.63, 3.8) is 0 Å². The van der Waals surface area contributed by atoms with Gasteiger partial charge in [0.1, 0.15) is 23.7 Å². The summed E-state index contributed by atoms with van der Waals surface area (Å²) in [5.41, 5.74) is 0.886. The summed E-state index contributed by atoms with van der Waals surface area (Å²) < 4.78 is 5.88. The van der Waals surface area contributed by atoms with Crippen molar-refractivity contribution in [3.8, 4) is 5.75 Å². The van der Waals surface area contributed by atoms with Gasteiger partial charge in [-0.2, -0.15) is 0 Å². The predicted molar refractivity (Wildman–Crippen MR) is 114 cm³/mol. The first-order valence-electron chi connectivity index (χ1n) is 9.81. The van der Waals surface area contributed by atoms with Crippen molar-refractivity contribution >= 4 is 23.3 Å². The normalized spacial score (nSPS) is 14.2. The van der Waals surface area contributed by atoms with Crippen LogP contribution in [-0.4, -0.2) is 52.2 Å². The van der Waals surface area contributed by atoms with Gasteiger partial charge in [0, 0.05) is 44.6 Å². The van der Waals surface area contributed by atoms with E-state index in [-0.39, 0.29) is 6.10 Å². The molecule has 3 aromatic rings. The molecule has 1 aliphatic rings. The number of rotatable bonds is 6. The quantitative estimate of drug-likeness (QED) is 0.687. The predicted octanol–water partition coefficient (Wildman–Crippen LogP) is 3.12. The number of anilines is 4. The van der Waals surface area contributed by atoms with E-state index in [1.54, 1.807) is 18.7 Å². The molecule has 0 radical (unpaired) electrons. The highest BCUT2D eigenvalue weighted by atomic mass is 16.5. The van der Waals surface area contributed by atoms with Crippen molar-refractivity contribution in [1.29, 1.82) is 0 Å². The SMILES string of the molecule is CC(C)Oc1ccccc1Nc1cc(N2CCN(c3ncccn3)CC2)ncn1. The molecule has 8 heteroatoms. The Morgan fingerprint density at radius 3 is 2.38 bits per heavy atom. The molecule has 0 spiro atoms. The second-order valence-corrected chi connectivity index (χ2v) is 7.07. The smallest absolute Gasteiger partial charge is 0.225 e. The van der Waals surface area contributed by atoms with E-state index in [0.717, 1.165) is 55.2 Å². The number of ether oxygens (including phenoxy) is 1. The van der Waals surface area contributed by atoms with Gasteiger partial charge in [-0.15, -0.1) is 0 Å². The van der Waals surface area contributed by atoms with Crippen molar-refractivity contribution < 1.29 is 4.74 Å². The molecule has 29 heavy (non-hydrogen) atoms. The summed E-state index contributed by atoms with van der Waals surface area (Å²) >= 11 is 0. The minimum atomic E-state index is 0.101. The third kappa shape index (κ3) is 4.71. The summed E-state index contributed by atoms with van der Waals surface area (Å²) in [5, 5.41) is 3.36. The summed E-state index contributed by atoms with van der Waals surface area (Å²) in [4.78, 5) is 22.0. The molecule has 0 amide bonds. The van der Waals surface area contributed by atoms with E-state index in [1.165, 1.54) is 0 Å². The molecular formula is C21H25N7O. The molecule has 1 aromatic carbocycles. The van der Waals surface area contributed by atoms with Gasteiger partial charge in [0.25, 0.3) is 0 Å². The van der Waals surface area contributed by atoms with Crippen molar-refractivity contribution in [2.45, 2.75) is 20.0 Å². The van der Waals surface area contributed by atoms with Crippen molar-refractivity contribution in [3.05, 3.63) is 55.1 Å². The lowest BCUT2D eigenvalue weighted by Crippen LogP contribution is -2.47. The maximum Gasteiger partial charge on any atom is 0.225 e. The first-order chi connectivity index (χ1) is 14.2. The summed E-state index contributed by atoms with van der Waals surface area (Å²) in [6.07, 6.45) is 5.25. The van der Waals surface area contributed by atoms with Crippen LogP contribution in [0.5, 0.6) is 5.75 Å². The standard InChI is InChI=1S/C21H25N7O/c1-16(2)29-18-7-4-3-6-17(18)26-19-14-20(25-15-24-19)27-10-12-28(13-11-27)21-22-8-5-9-23-21/h3-9,14-16H,10-13H2,1-2H3,(H,24,25,26). The van der Waals surface area contributed by atoms with Crippen LogP contribution < -0.4 is 19.9 Å². The molecule has 4 rings (SSSR count). The Kier molecular flexibility index (Phi) is 5.69. The van der Waals surface area contributed by atoms with Gasteiger partial charge in [0.05, 0.1) is 11.8 Å². The van der Waals surface area contributed by atoms with Crippen LogP contribution in [0, 0.1) is 0 Å². The number of benzene rings is 1. The number of hydrogen-bond donors (Lipinski definition) is 1. The molecule has 2 aromatic heterocycles. The first-order valence-corrected chi connectivity index (χ1v) is 9.81. The van der Waals surface area contributed by atoms with E-state index in [1.807, 2.05) is 50.2 Å². The molecule has 3 heterocycles. The summed E-state index contributed by atoms with van der Waals surface area (Å²) in [6.45, 7) is 7.42. The lowest BCUT2D eigenvalue weighted by Gasteiger charge is -2.35. The van der Waals surface area contributed by atoms with E-state index < -0.39 is 0 Å². The zero-order chi connectivity index (χ0) is 20.1. The van der Waals surface area contributed by atoms with Crippen LogP contribution in [0.1, 0.15) is 13.8 Å². The summed E-state index contributed by atoms with van der Waals surface area (Å²) in [6, 6.07) is 11.7. The van der Waals surface area contributed by atoms with E-state index in [9.17, 15) is 0 Å². The van der Waals surface area contributed by atoms with Gasteiger partial charge in [-0.1, -0.05) is 12.1 Å². The number of para-hydroxylation sites is 2. The van der Waals surface area contributed by atoms with Gasteiger partial charge < -0.3 is 19.9 Å². The zero-order valence-corrected chi connectivity index (χ0v) is 16.7. The molecule has 1 saturated heterocycles. The number of hydrogen-bond acceptors (Lipinski definition) is 8. The maximum atomic E-state index is 5.88. The Balaban J connectivity index is 1.44. The van der Waals surface area contributed by atoms with Crippen LogP contribution in [0.2, 0.25) is 0 Å². The molecule has 0 unspecified atom stereocenters. The molecule has 0 atom stereocenters. The van der Waals surface area contributed by atoms with Crippen LogP contribution in [0.15, 0.2) is 55.1 Å². The summed E-state index contributed by atoms with van der Waals surface area (Å²) in [5.74, 6) is 3.22. The van der Waals surface area contributed by atoms with Crippen molar-refractivity contribution in [2.24, 2.45) is 0 Å². The lowest BCUT2D eigenvalue weighted by molar-refractivity contribution is 0.244. The van der Waals surface area contributed by atoms with Crippen molar-refractivity contribution in [2.75, 3.05) is 41.3 Å².